The Morgan fingerprint density at radius 2 is 1.69 bits per heavy atom. The second kappa shape index (κ2) is 11.4. The molecule has 4 aromatic carbocycles. The van der Waals surface area contributed by atoms with Gasteiger partial charge in [0, 0.05) is 23.1 Å². The van der Waals surface area contributed by atoms with Crippen LogP contribution in [0.3, 0.4) is 0 Å². The summed E-state index contributed by atoms with van der Waals surface area (Å²) in [4.78, 5) is 41.6. The van der Waals surface area contributed by atoms with Crippen molar-refractivity contribution in [3.8, 4) is 17.0 Å². The van der Waals surface area contributed by atoms with Gasteiger partial charge >= 0.3 is 5.97 Å². The van der Waals surface area contributed by atoms with Gasteiger partial charge in [-0.25, -0.2) is 14.2 Å². The molecule has 5 rings (SSSR count). The number of aliphatic carboxylic acids is 1. The minimum atomic E-state index is -1.53. The number of ether oxygens (including phenoxy) is 1. The van der Waals surface area contributed by atoms with Crippen molar-refractivity contribution in [1.82, 2.24) is 4.98 Å². The number of carbonyl (C=O) groups is 1. The van der Waals surface area contributed by atoms with Crippen molar-refractivity contribution < 1.29 is 19.0 Å². The number of aromatic nitrogens is 1. The molecular weight excluding hydrogens is 537 g/mol. The molecule has 5 aromatic rings. The highest BCUT2D eigenvalue weighted by molar-refractivity contribution is 5.96. The lowest BCUT2D eigenvalue weighted by molar-refractivity contribution is -0.142. The number of rotatable bonds is 11. The number of hydrogen-bond acceptors (Lipinski definition) is 7. The lowest BCUT2D eigenvalue weighted by Gasteiger charge is -2.32. The number of fused-ring (bicyclic) bond motifs is 1. The first-order chi connectivity index (χ1) is 20.1. The van der Waals surface area contributed by atoms with Gasteiger partial charge < -0.3 is 20.5 Å². The van der Waals surface area contributed by atoms with E-state index in [1.807, 2.05) is 42.5 Å². The Kier molecular flexibility index (Phi) is 7.76. The van der Waals surface area contributed by atoms with E-state index in [2.05, 4.69) is 10.6 Å². The van der Waals surface area contributed by atoms with Gasteiger partial charge in [-0.05, 0) is 73.7 Å². The number of benzene rings is 3. The number of hydrogen-bond donors (Lipinski definition) is 3. The smallest absolute Gasteiger partial charge is 0.329 e. The maximum absolute atomic E-state index is 13.5. The summed E-state index contributed by atoms with van der Waals surface area (Å²) >= 11 is 0. The summed E-state index contributed by atoms with van der Waals surface area (Å²) in [5.41, 5.74) is -0.279. The van der Waals surface area contributed by atoms with Gasteiger partial charge in [-0.15, -0.1) is 0 Å². The molecule has 0 radical (unpaired) electrons. The minimum absolute atomic E-state index is 0.0558. The molecule has 214 valence electrons. The van der Waals surface area contributed by atoms with E-state index in [1.165, 1.54) is 12.1 Å². The zero-order chi connectivity index (χ0) is 30.0. The summed E-state index contributed by atoms with van der Waals surface area (Å²) in [5.74, 6) is -0.981. The molecule has 0 spiro atoms. The van der Waals surface area contributed by atoms with Crippen LogP contribution < -0.4 is 26.2 Å². The first kappa shape index (κ1) is 28.5. The summed E-state index contributed by atoms with van der Waals surface area (Å²) in [6, 6.07) is 23.2. The molecule has 0 fully saturated rings. The third kappa shape index (κ3) is 5.58. The first-order valence-electron chi connectivity index (χ1n) is 13.6. The fourth-order valence-corrected chi connectivity index (χ4v) is 4.86. The summed E-state index contributed by atoms with van der Waals surface area (Å²) in [6.07, 6.45) is -0.146. The molecule has 0 aliphatic heterocycles. The molecule has 1 aromatic heterocycles. The number of carboxylic acids is 1. The van der Waals surface area contributed by atoms with E-state index >= 15 is 0 Å². The van der Waals surface area contributed by atoms with Crippen molar-refractivity contribution in [2.45, 2.75) is 45.3 Å². The van der Waals surface area contributed by atoms with E-state index < -0.39 is 22.4 Å². The predicted molar refractivity (Wildman–Crippen MR) is 162 cm³/mol. The number of halogens is 1. The van der Waals surface area contributed by atoms with E-state index in [-0.39, 0.29) is 36.2 Å². The molecule has 3 N–H and O–H groups in total. The largest absolute Gasteiger partial charge is 0.485 e. The lowest BCUT2D eigenvalue weighted by Crippen LogP contribution is -2.51. The van der Waals surface area contributed by atoms with Crippen molar-refractivity contribution in [3.05, 3.63) is 111 Å². The Morgan fingerprint density at radius 3 is 2.33 bits per heavy atom. The summed E-state index contributed by atoms with van der Waals surface area (Å²) < 4.78 is 19.0. The summed E-state index contributed by atoms with van der Waals surface area (Å²) in [7, 11) is 0. The normalized spacial score (nSPS) is 12.8. The van der Waals surface area contributed by atoms with E-state index in [9.17, 15) is 23.9 Å². The molecule has 0 amide bonds. The topological polar surface area (TPSA) is 118 Å². The highest BCUT2D eigenvalue weighted by atomic mass is 19.1. The molecule has 8 nitrogen and oxygen atoms in total. The highest BCUT2D eigenvalue weighted by Crippen LogP contribution is 2.31. The van der Waals surface area contributed by atoms with Crippen molar-refractivity contribution in [2.75, 3.05) is 10.6 Å². The second-order valence-electron chi connectivity index (χ2n) is 10.5. The number of pyridine rings is 1. The van der Waals surface area contributed by atoms with Gasteiger partial charge in [0.2, 0.25) is 0 Å². The molecule has 0 aliphatic rings. The van der Waals surface area contributed by atoms with Crippen molar-refractivity contribution in [2.24, 2.45) is 0 Å². The third-order valence-corrected chi connectivity index (χ3v) is 7.20. The van der Waals surface area contributed by atoms with E-state index in [4.69, 9.17) is 9.72 Å². The van der Waals surface area contributed by atoms with Crippen molar-refractivity contribution >= 4 is 33.9 Å². The van der Waals surface area contributed by atoms with Gasteiger partial charge in [0.05, 0.1) is 11.8 Å². The average Bonchev–Trinajstić information content (AvgIpc) is 2.99. The Bertz CT molecular complexity index is 1830. The van der Waals surface area contributed by atoms with Crippen LogP contribution in [0.2, 0.25) is 0 Å². The Hall–Kier alpha value is -5.05. The van der Waals surface area contributed by atoms with Crippen LogP contribution in [-0.4, -0.2) is 27.7 Å². The number of anilines is 3. The van der Waals surface area contributed by atoms with Crippen molar-refractivity contribution in [3.63, 3.8) is 0 Å². The number of carboxylic acid groups (broad SMARTS) is 1. The lowest BCUT2D eigenvalue weighted by atomic mass is 9.87. The molecule has 42 heavy (non-hydrogen) atoms. The quantitative estimate of drug-likeness (QED) is 0.165. The fraction of sp³-hybridized carbons (Fsp3) is 0.212. The van der Waals surface area contributed by atoms with Crippen LogP contribution in [0.4, 0.5) is 21.6 Å². The van der Waals surface area contributed by atoms with Crippen LogP contribution in [0, 0.1) is 5.82 Å². The van der Waals surface area contributed by atoms with Gasteiger partial charge in [-0.1, -0.05) is 43.3 Å². The molecule has 0 aliphatic carbocycles. The molecule has 0 saturated carbocycles. The van der Waals surface area contributed by atoms with Gasteiger partial charge in [0.15, 0.2) is 5.75 Å². The molecule has 0 saturated heterocycles. The maximum atomic E-state index is 13.5. The Balaban J connectivity index is 1.41. The molecule has 1 atom stereocenters. The van der Waals surface area contributed by atoms with Crippen LogP contribution in [-0.2, 0) is 11.2 Å². The fourth-order valence-electron chi connectivity index (χ4n) is 4.86. The van der Waals surface area contributed by atoms with Crippen molar-refractivity contribution in [1.29, 1.82) is 0 Å². The monoisotopic (exact) mass is 567 g/mol. The Labute approximate surface area is 241 Å². The summed E-state index contributed by atoms with van der Waals surface area (Å²) in [6.45, 7) is 5.15. The zero-order valence-electron chi connectivity index (χ0n) is 23.4. The SMILES string of the molecule is CC[C@@](Cc1ccc(Nc2nc(-c3ccc(F)cc3)cc3ccccc23)cc1)(Nc1c(OC(C)C)c(=O)c1=O)C(=O)O. The zero-order valence-corrected chi connectivity index (χ0v) is 23.4. The van der Waals surface area contributed by atoms with E-state index in [0.29, 0.717) is 17.1 Å². The maximum Gasteiger partial charge on any atom is 0.329 e. The molecule has 0 unspecified atom stereocenters. The van der Waals surface area contributed by atoms with Gasteiger partial charge in [-0.3, -0.25) is 9.59 Å². The van der Waals surface area contributed by atoms with Crippen LogP contribution in [0.15, 0.2) is 88.5 Å². The number of nitrogens with one attached hydrogen (secondary N) is 2. The standard InChI is InChI=1S/C33H30FN3O5/c1-4-33(32(40)41,37-27-28(38)29(39)30(27)42-19(2)3)18-20-9-15-24(16-10-20)35-31-25-8-6-5-7-22(25)17-26(36-31)21-11-13-23(34)14-12-21/h5-17,19,37H,4,18H2,1-3H3,(H,35,36)(H,40,41)/t33-/m0/s1. The first-order valence-corrected chi connectivity index (χ1v) is 13.6. The van der Waals surface area contributed by atoms with Crippen LogP contribution in [0.1, 0.15) is 32.8 Å². The molecule has 0 bridgehead atoms. The molecule has 1 heterocycles. The van der Waals surface area contributed by atoms with Gasteiger partial charge in [0.25, 0.3) is 10.9 Å². The third-order valence-electron chi connectivity index (χ3n) is 7.20. The van der Waals surface area contributed by atoms with E-state index in [0.717, 1.165) is 22.0 Å². The van der Waals surface area contributed by atoms with E-state index in [1.54, 1.807) is 45.0 Å². The minimum Gasteiger partial charge on any atom is -0.485 e. The number of nitrogens with zero attached hydrogens (tertiary/aromatic N) is 1. The van der Waals surface area contributed by atoms with Gasteiger partial charge in [0.1, 0.15) is 22.9 Å². The summed E-state index contributed by atoms with van der Waals surface area (Å²) in [5, 5.41) is 18.3. The van der Waals surface area contributed by atoms with Crippen LogP contribution in [0.5, 0.6) is 5.75 Å². The Morgan fingerprint density at radius 1 is 1.00 bits per heavy atom. The second-order valence-corrected chi connectivity index (χ2v) is 10.5. The van der Waals surface area contributed by atoms with Gasteiger partial charge in [-0.2, -0.15) is 0 Å². The average molecular weight is 568 g/mol. The predicted octanol–water partition coefficient (Wildman–Crippen LogP) is 6.06. The molecule has 9 heteroatoms. The van der Waals surface area contributed by atoms with Crippen LogP contribution >= 0.6 is 0 Å². The molecular formula is C33H30FN3O5. The van der Waals surface area contributed by atoms with Crippen LogP contribution in [0.25, 0.3) is 22.0 Å². The highest BCUT2D eigenvalue weighted by Gasteiger charge is 2.40.